The fourth-order valence-electron chi connectivity index (χ4n) is 3.79. The van der Waals surface area contributed by atoms with Crippen LogP contribution in [0.2, 0.25) is 0 Å². The zero-order valence-corrected chi connectivity index (χ0v) is 14.9. The van der Waals surface area contributed by atoms with Gasteiger partial charge in [0.25, 0.3) is 0 Å². The van der Waals surface area contributed by atoms with Gasteiger partial charge >= 0.3 is 0 Å². The van der Waals surface area contributed by atoms with E-state index < -0.39 is 28.3 Å². The number of ketones is 2. The summed E-state index contributed by atoms with van der Waals surface area (Å²) in [5.41, 5.74) is -1.92. The Morgan fingerprint density at radius 2 is 1.68 bits per heavy atom. The normalized spacial score (nSPS) is 22.9. The average Bonchev–Trinajstić information content (AvgIpc) is 3.26. The van der Waals surface area contributed by atoms with Crippen LogP contribution in [0.3, 0.4) is 0 Å². The number of benzene rings is 2. The maximum atomic E-state index is 13.2. The molecule has 0 unspecified atom stereocenters. The van der Waals surface area contributed by atoms with Gasteiger partial charge in [-0.1, -0.05) is 12.1 Å². The number of hydrogen-bond acceptors (Lipinski definition) is 7. The van der Waals surface area contributed by atoms with Gasteiger partial charge in [0.1, 0.15) is 28.2 Å². The standard InChI is InChI=1S/C21H14O7/c1-8-21(2,28-8)14-7-13(24)17-12(23)6-10-16(20(17)27-14)19(26)15-9(18(10)25)4-3-5-11(15)22/h3-8,22-23H,1-2H3/t8-,21-/m0/s1. The highest BCUT2D eigenvalue weighted by Crippen LogP contribution is 2.47. The molecule has 2 aromatic carbocycles. The quantitative estimate of drug-likeness (QED) is 0.489. The lowest BCUT2D eigenvalue weighted by Gasteiger charge is -2.20. The molecule has 5 rings (SSSR count). The predicted octanol–water partition coefficient (Wildman–Crippen LogP) is 2.61. The third-order valence-electron chi connectivity index (χ3n) is 5.60. The minimum absolute atomic E-state index is 0.0286. The van der Waals surface area contributed by atoms with Gasteiger partial charge in [-0.05, 0) is 26.0 Å². The van der Waals surface area contributed by atoms with Crippen molar-refractivity contribution >= 4 is 22.5 Å². The van der Waals surface area contributed by atoms with Gasteiger partial charge in [0.15, 0.2) is 16.8 Å². The zero-order valence-electron chi connectivity index (χ0n) is 14.9. The molecule has 140 valence electrons. The molecule has 0 amide bonds. The molecule has 1 aliphatic carbocycles. The lowest BCUT2D eigenvalue weighted by atomic mass is 9.82. The first-order valence-electron chi connectivity index (χ1n) is 8.67. The molecule has 2 atom stereocenters. The molecule has 28 heavy (non-hydrogen) atoms. The van der Waals surface area contributed by atoms with Crippen molar-refractivity contribution in [3.63, 3.8) is 0 Å². The Balaban J connectivity index is 1.90. The molecule has 1 aromatic heterocycles. The fourth-order valence-corrected chi connectivity index (χ4v) is 3.79. The van der Waals surface area contributed by atoms with E-state index >= 15 is 0 Å². The second-order valence-corrected chi connectivity index (χ2v) is 7.22. The van der Waals surface area contributed by atoms with Crippen molar-refractivity contribution in [2.75, 3.05) is 0 Å². The van der Waals surface area contributed by atoms with Crippen LogP contribution in [-0.4, -0.2) is 27.9 Å². The highest BCUT2D eigenvalue weighted by atomic mass is 16.6. The van der Waals surface area contributed by atoms with E-state index in [-0.39, 0.29) is 50.8 Å². The second kappa shape index (κ2) is 5.08. The van der Waals surface area contributed by atoms with Crippen molar-refractivity contribution in [2.24, 2.45) is 0 Å². The van der Waals surface area contributed by atoms with Crippen LogP contribution in [0.5, 0.6) is 11.5 Å². The molecule has 7 heteroatoms. The minimum atomic E-state index is -0.826. The number of phenolic OH excluding ortho intramolecular Hbond substituents is 2. The Kier molecular flexibility index (Phi) is 3.03. The van der Waals surface area contributed by atoms with Gasteiger partial charge in [-0.15, -0.1) is 0 Å². The maximum absolute atomic E-state index is 13.2. The largest absolute Gasteiger partial charge is 0.507 e. The summed E-state index contributed by atoms with van der Waals surface area (Å²) in [6.45, 7) is 3.55. The molecule has 0 radical (unpaired) electrons. The molecule has 1 saturated heterocycles. The molecular weight excluding hydrogens is 364 g/mol. The summed E-state index contributed by atoms with van der Waals surface area (Å²) in [6, 6.07) is 6.50. The number of carbonyl (C=O) groups excluding carboxylic acids is 2. The molecule has 1 fully saturated rings. The number of carbonyl (C=O) groups is 2. The van der Waals surface area contributed by atoms with E-state index in [0.717, 1.165) is 6.07 Å². The lowest BCUT2D eigenvalue weighted by molar-refractivity contribution is 0.0976. The third kappa shape index (κ3) is 1.94. The number of rotatable bonds is 1. The third-order valence-corrected chi connectivity index (χ3v) is 5.60. The van der Waals surface area contributed by atoms with Gasteiger partial charge in [0.2, 0.25) is 5.78 Å². The van der Waals surface area contributed by atoms with Crippen LogP contribution in [0.4, 0.5) is 0 Å². The summed E-state index contributed by atoms with van der Waals surface area (Å²) < 4.78 is 11.4. The summed E-state index contributed by atoms with van der Waals surface area (Å²) >= 11 is 0. The first-order valence-corrected chi connectivity index (χ1v) is 8.67. The van der Waals surface area contributed by atoms with Crippen molar-refractivity contribution < 1.29 is 29.0 Å². The summed E-state index contributed by atoms with van der Waals surface area (Å²) in [4.78, 5) is 38.7. The Labute approximate surface area is 157 Å². The number of ether oxygens (including phenoxy) is 1. The molecule has 7 nitrogen and oxygen atoms in total. The van der Waals surface area contributed by atoms with E-state index in [1.807, 2.05) is 6.92 Å². The molecule has 0 saturated carbocycles. The van der Waals surface area contributed by atoms with Crippen LogP contribution < -0.4 is 5.43 Å². The summed E-state index contributed by atoms with van der Waals surface area (Å²) in [6.07, 6.45) is -0.191. The molecule has 0 bridgehead atoms. The SMILES string of the molecule is C[C@@H]1O[C@]1(C)c1cc(=O)c2c(O)cc3c(c2o1)C(=O)c1c(O)cccc1C3=O. The summed E-state index contributed by atoms with van der Waals surface area (Å²) in [5.74, 6) is -1.79. The number of phenols is 2. The van der Waals surface area contributed by atoms with Crippen LogP contribution in [0, 0.1) is 0 Å². The predicted molar refractivity (Wildman–Crippen MR) is 97.0 cm³/mol. The van der Waals surface area contributed by atoms with Crippen molar-refractivity contribution in [3.05, 3.63) is 68.6 Å². The molecule has 2 heterocycles. The first kappa shape index (κ1) is 16.7. The average molecular weight is 378 g/mol. The van der Waals surface area contributed by atoms with E-state index in [0.29, 0.717) is 0 Å². The van der Waals surface area contributed by atoms with Gasteiger partial charge in [-0.3, -0.25) is 14.4 Å². The van der Waals surface area contributed by atoms with Gasteiger partial charge < -0.3 is 19.4 Å². The molecule has 2 aliphatic rings. The van der Waals surface area contributed by atoms with E-state index in [2.05, 4.69) is 0 Å². The van der Waals surface area contributed by atoms with E-state index in [9.17, 15) is 24.6 Å². The number of fused-ring (bicyclic) bond motifs is 4. The number of aromatic hydroxyl groups is 2. The topological polar surface area (TPSA) is 117 Å². The highest BCUT2D eigenvalue weighted by molar-refractivity contribution is 6.32. The van der Waals surface area contributed by atoms with E-state index in [1.54, 1.807) is 6.92 Å². The van der Waals surface area contributed by atoms with E-state index in [4.69, 9.17) is 9.15 Å². The second-order valence-electron chi connectivity index (χ2n) is 7.22. The zero-order chi connectivity index (χ0) is 20.0. The lowest BCUT2D eigenvalue weighted by Crippen LogP contribution is -2.22. The van der Waals surface area contributed by atoms with E-state index in [1.165, 1.54) is 24.3 Å². The Hall–Kier alpha value is -3.45. The van der Waals surface area contributed by atoms with Crippen LogP contribution >= 0.6 is 0 Å². The van der Waals surface area contributed by atoms with Gasteiger partial charge in [-0.2, -0.15) is 0 Å². The summed E-state index contributed by atoms with van der Waals surface area (Å²) in [5, 5.41) is 20.3. The van der Waals surface area contributed by atoms with Crippen LogP contribution in [0.15, 0.2) is 39.5 Å². The Morgan fingerprint density at radius 3 is 2.36 bits per heavy atom. The van der Waals surface area contributed by atoms with Gasteiger partial charge in [0, 0.05) is 17.2 Å². The minimum Gasteiger partial charge on any atom is -0.507 e. The maximum Gasteiger partial charge on any atom is 0.202 e. The Morgan fingerprint density at radius 1 is 0.964 bits per heavy atom. The molecule has 3 aromatic rings. The highest BCUT2D eigenvalue weighted by Gasteiger charge is 2.53. The Bertz CT molecular complexity index is 1300. The van der Waals surface area contributed by atoms with Gasteiger partial charge in [0.05, 0.1) is 17.2 Å². The van der Waals surface area contributed by atoms with Crippen molar-refractivity contribution in [1.29, 1.82) is 0 Å². The molecule has 1 aliphatic heterocycles. The van der Waals surface area contributed by atoms with Crippen LogP contribution in [0.25, 0.3) is 11.0 Å². The number of epoxide rings is 1. The van der Waals surface area contributed by atoms with Crippen molar-refractivity contribution in [3.8, 4) is 11.5 Å². The van der Waals surface area contributed by atoms with Crippen molar-refractivity contribution in [2.45, 2.75) is 25.6 Å². The first-order chi connectivity index (χ1) is 13.2. The summed E-state index contributed by atoms with van der Waals surface area (Å²) in [7, 11) is 0. The van der Waals surface area contributed by atoms with Crippen LogP contribution in [-0.2, 0) is 10.3 Å². The molecule has 2 N–H and O–H groups in total. The fraction of sp³-hybridized carbons (Fsp3) is 0.190. The van der Waals surface area contributed by atoms with Crippen molar-refractivity contribution in [1.82, 2.24) is 0 Å². The van der Waals surface area contributed by atoms with Crippen LogP contribution in [0.1, 0.15) is 51.5 Å². The molecular formula is C21H14O7. The number of hydrogen-bond donors (Lipinski definition) is 2. The molecule has 0 spiro atoms. The smallest absolute Gasteiger partial charge is 0.202 e. The van der Waals surface area contributed by atoms with Gasteiger partial charge in [-0.25, -0.2) is 0 Å². The monoisotopic (exact) mass is 378 g/mol.